The zero-order valence-electron chi connectivity index (χ0n) is 13.7. The minimum absolute atomic E-state index is 0.0260. The lowest BCUT2D eigenvalue weighted by Gasteiger charge is -2.13. The van der Waals surface area contributed by atoms with Crippen molar-refractivity contribution >= 4 is 23.2 Å². The van der Waals surface area contributed by atoms with Gasteiger partial charge in [0.05, 0.1) is 22.4 Å². The van der Waals surface area contributed by atoms with Crippen molar-refractivity contribution in [2.45, 2.75) is 32.5 Å². The summed E-state index contributed by atoms with van der Waals surface area (Å²) in [6, 6.07) is 9.11. The van der Waals surface area contributed by atoms with E-state index in [9.17, 15) is 18.0 Å². The van der Waals surface area contributed by atoms with Crippen LogP contribution >= 0.6 is 11.6 Å². The number of nitrogens with one attached hydrogen (secondary N) is 1. The summed E-state index contributed by atoms with van der Waals surface area (Å²) < 4.78 is 43.9. The molecule has 0 aliphatic rings. The predicted molar refractivity (Wildman–Crippen MR) is 91.2 cm³/mol. The Morgan fingerprint density at radius 2 is 1.84 bits per heavy atom. The van der Waals surface area contributed by atoms with Crippen LogP contribution < -0.4 is 10.1 Å². The molecule has 1 atom stereocenters. The second kappa shape index (κ2) is 7.78. The SMILES string of the molecule is CCC(C)Oc1ccc(C(=O)Nc2cc(C(F)(F)F)ccc2Cl)cc1. The molecule has 2 rings (SSSR count). The molecule has 25 heavy (non-hydrogen) atoms. The number of hydrogen-bond acceptors (Lipinski definition) is 2. The van der Waals surface area contributed by atoms with E-state index in [0.717, 1.165) is 24.6 Å². The number of alkyl halides is 3. The van der Waals surface area contributed by atoms with Crippen molar-refractivity contribution < 1.29 is 22.7 Å². The zero-order valence-corrected chi connectivity index (χ0v) is 14.4. The highest BCUT2D eigenvalue weighted by atomic mass is 35.5. The molecule has 0 saturated carbocycles. The molecule has 1 N–H and O–H groups in total. The molecular weight excluding hydrogens is 355 g/mol. The molecule has 0 bridgehead atoms. The van der Waals surface area contributed by atoms with E-state index in [1.165, 1.54) is 12.1 Å². The lowest BCUT2D eigenvalue weighted by Crippen LogP contribution is -2.14. The second-order valence-electron chi connectivity index (χ2n) is 5.51. The molecule has 0 saturated heterocycles. The van der Waals surface area contributed by atoms with Gasteiger partial charge < -0.3 is 10.1 Å². The number of benzene rings is 2. The minimum Gasteiger partial charge on any atom is -0.491 e. The van der Waals surface area contributed by atoms with Crippen molar-refractivity contribution in [2.24, 2.45) is 0 Å². The first-order chi connectivity index (χ1) is 11.7. The third-order valence-electron chi connectivity index (χ3n) is 3.57. The Balaban J connectivity index is 2.14. The fourth-order valence-electron chi connectivity index (χ4n) is 1.99. The Bertz CT molecular complexity index is 745. The molecule has 0 aliphatic heterocycles. The van der Waals surface area contributed by atoms with Gasteiger partial charge in [0.2, 0.25) is 0 Å². The van der Waals surface area contributed by atoms with Crippen LogP contribution in [0.2, 0.25) is 5.02 Å². The molecule has 0 aromatic heterocycles. The summed E-state index contributed by atoms with van der Waals surface area (Å²) in [5.74, 6) is 0.0549. The number of hydrogen-bond donors (Lipinski definition) is 1. The van der Waals surface area contributed by atoms with Crippen LogP contribution in [0.5, 0.6) is 5.75 Å². The van der Waals surface area contributed by atoms with Crippen molar-refractivity contribution in [3.05, 3.63) is 58.6 Å². The molecule has 1 unspecified atom stereocenters. The minimum atomic E-state index is -4.51. The normalized spacial score (nSPS) is 12.6. The van der Waals surface area contributed by atoms with Gasteiger partial charge in [-0.1, -0.05) is 18.5 Å². The van der Waals surface area contributed by atoms with E-state index >= 15 is 0 Å². The molecule has 0 heterocycles. The highest BCUT2D eigenvalue weighted by molar-refractivity contribution is 6.34. The number of ether oxygens (including phenoxy) is 1. The molecule has 0 aliphatic carbocycles. The van der Waals surface area contributed by atoms with Gasteiger partial charge in [-0.2, -0.15) is 13.2 Å². The van der Waals surface area contributed by atoms with Gasteiger partial charge in [0.1, 0.15) is 5.75 Å². The van der Waals surface area contributed by atoms with Crippen LogP contribution in [0.1, 0.15) is 36.2 Å². The topological polar surface area (TPSA) is 38.3 Å². The number of halogens is 4. The largest absolute Gasteiger partial charge is 0.491 e. The van der Waals surface area contributed by atoms with Crippen LogP contribution in [0.25, 0.3) is 0 Å². The van der Waals surface area contributed by atoms with Crippen molar-refractivity contribution in [1.82, 2.24) is 0 Å². The van der Waals surface area contributed by atoms with Crippen LogP contribution in [0.4, 0.5) is 18.9 Å². The third kappa shape index (κ3) is 5.13. The summed E-state index contributed by atoms with van der Waals surface area (Å²) >= 11 is 5.87. The summed E-state index contributed by atoms with van der Waals surface area (Å²) in [4.78, 5) is 12.2. The maximum absolute atomic E-state index is 12.8. The predicted octanol–water partition coefficient (Wildman–Crippen LogP) is 5.79. The Hall–Kier alpha value is -2.21. The Morgan fingerprint density at radius 1 is 1.20 bits per heavy atom. The fraction of sp³-hybridized carbons (Fsp3) is 0.278. The standard InChI is InChI=1S/C18H17ClF3NO2/c1-3-11(2)25-14-7-4-12(5-8-14)17(24)23-16-10-13(18(20,21)22)6-9-15(16)19/h4-11H,3H2,1-2H3,(H,23,24). The van der Waals surface area contributed by atoms with Crippen LogP contribution in [0, 0.1) is 0 Å². The van der Waals surface area contributed by atoms with E-state index < -0.39 is 17.6 Å². The van der Waals surface area contributed by atoms with Gasteiger partial charge in [0, 0.05) is 5.56 Å². The second-order valence-corrected chi connectivity index (χ2v) is 5.91. The summed E-state index contributed by atoms with van der Waals surface area (Å²) in [5, 5.41) is 2.42. The molecule has 2 aromatic rings. The Labute approximate surface area is 148 Å². The zero-order chi connectivity index (χ0) is 18.6. The first-order valence-electron chi connectivity index (χ1n) is 7.65. The van der Waals surface area contributed by atoms with Crippen molar-refractivity contribution in [2.75, 3.05) is 5.32 Å². The molecule has 7 heteroatoms. The highest BCUT2D eigenvalue weighted by Crippen LogP contribution is 2.34. The molecule has 2 aromatic carbocycles. The van der Waals surface area contributed by atoms with Crippen LogP contribution in [-0.4, -0.2) is 12.0 Å². The van der Waals surface area contributed by atoms with Crippen molar-refractivity contribution in [1.29, 1.82) is 0 Å². The molecule has 1 amide bonds. The van der Waals surface area contributed by atoms with Gasteiger partial charge in [-0.05, 0) is 55.8 Å². The van der Waals surface area contributed by atoms with Gasteiger partial charge in [0.15, 0.2) is 0 Å². The Morgan fingerprint density at radius 3 is 2.40 bits per heavy atom. The monoisotopic (exact) mass is 371 g/mol. The van der Waals surface area contributed by atoms with E-state index in [-0.39, 0.29) is 22.4 Å². The first kappa shape index (κ1) is 19.1. The maximum atomic E-state index is 12.8. The quantitative estimate of drug-likeness (QED) is 0.722. The van der Waals surface area contributed by atoms with Crippen LogP contribution in [-0.2, 0) is 6.18 Å². The average molecular weight is 372 g/mol. The molecule has 0 fully saturated rings. The van der Waals surface area contributed by atoms with Gasteiger partial charge in [0.25, 0.3) is 5.91 Å². The number of carbonyl (C=O) groups excluding carboxylic acids is 1. The first-order valence-corrected chi connectivity index (χ1v) is 8.03. The van der Waals surface area contributed by atoms with Gasteiger partial charge in [-0.3, -0.25) is 4.79 Å². The van der Waals surface area contributed by atoms with E-state index in [4.69, 9.17) is 16.3 Å². The van der Waals surface area contributed by atoms with E-state index in [1.807, 2.05) is 13.8 Å². The van der Waals surface area contributed by atoms with Gasteiger partial charge in [-0.15, -0.1) is 0 Å². The molecule has 3 nitrogen and oxygen atoms in total. The number of anilines is 1. The summed E-state index contributed by atoms with van der Waals surface area (Å²) in [5.41, 5.74) is -0.698. The third-order valence-corrected chi connectivity index (χ3v) is 3.90. The van der Waals surface area contributed by atoms with Crippen LogP contribution in [0.15, 0.2) is 42.5 Å². The summed E-state index contributed by atoms with van der Waals surface area (Å²) in [6.45, 7) is 3.92. The van der Waals surface area contributed by atoms with Crippen molar-refractivity contribution in [3.8, 4) is 5.75 Å². The number of amides is 1. The van der Waals surface area contributed by atoms with Crippen LogP contribution in [0.3, 0.4) is 0 Å². The lowest BCUT2D eigenvalue weighted by molar-refractivity contribution is -0.137. The molecule has 0 spiro atoms. The summed E-state index contributed by atoms with van der Waals surface area (Å²) in [7, 11) is 0. The molecule has 134 valence electrons. The van der Waals surface area contributed by atoms with Gasteiger partial charge in [-0.25, -0.2) is 0 Å². The highest BCUT2D eigenvalue weighted by Gasteiger charge is 2.31. The molecular formula is C18H17ClF3NO2. The maximum Gasteiger partial charge on any atom is 0.416 e. The Kier molecular flexibility index (Phi) is 5.95. The van der Waals surface area contributed by atoms with E-state index in [0.29, 0.717) is 5.75 Å². The smallest absolute Gasteiger partial charge is 0.416 e. The average Bonchev–Trinajstić information content (AvgIpc) is 2.56. The number of rotatable bonds is 5. The van der Waals surface area contributed by atoms with E-state index in [2.05, 4.69) is 5.32 Å². The molecule has 0 radical (unpaired) electrons. The van der Waals surface area contributed by atoms with Crippen molar-refractivity contribution in [3.63, 3.8) is 0 Å². The number of carbonyl (C=O) groups is 1. The fourth-order valence-corrected chi connectivity index (χ4v) is 2.16. The lowest BCUT2D eigenvalue weighted by atomic mass is 10.1. The van der Waals surface area contributed by atoms with Gasteiger partial charge >= 0.3 is 6.18 Å². The van der Waals surface area contributed by atoms with E-state index in [1.54, 1.807) is 12.1 Å². The summed E-state index contributed by atoms with van der Waals surface area (Å²) in [6.07, 6.45) is -3.63.